The van der Waals surface area contributed by atoms with E-state index >= 15 is 0 Å². The van der Waals surface area contributed by atoms with Gasteiger partial charge in [0.15, 0.2) is 0 Å². The number of nitrogens with one attached hydrogen (secondary N) is 5. The first-order valence-electron chi connectivity index (χ1n) is 19.3. The molecule has 15 heteroatoms. The van der Waals surface area contributed by atoms with Crippen LogP contribution in [-0.4, -0.2) is 101 Å². The van der Waals surface area contributed by atoms with E-state index in [9.17, 15) is 39.0 Å². The Morgan fingerprint density at radius 1 is 0.709 bits per heavy atom. The lowest BCUT2D eigenvalue weighted by atomic mass is 9.96. The van der Waals surface area contributed by atoms with Crippen molar-refractivity contribution in [2.24, 2.45) is 11.8 Å². The highest BCUT2D eigenvalue weighted by molar-refractivity contribution is 5.92. The molecule has 0 unspecified atom stereocenters. The van der Waals surface area contributed by atoms with Crippen molar-refractivity contribution < 1.29 is 48.5 Å². The molecule has 0 aliphatic carbocycles. The molecule has 0 fully saturated rings. The van der Waals surface area contributed by atoms with Crippen LogP contribution in [0.15, 0.2) is 30.3 Å². The summed E-state index contributed by atoms with van der Waals surface area (Å²) in [6.07, 6.45) is -1.67. The van der Waals surface area contributed by atoms with E-state index in [1.54, 1.807) is 20.8 Å². The van der Waals surface area contributed by atoms with E-state index < -0.39 is 90.1 Å². The van der Waals surface area contributed by atoms with Gasteiger partial charge in [0.05, 0.1) is 44.2 Å². The van der Waals surface area contributed by atoms with Gasteiger partial charge in [0.25, 0.3) is 0 Å². The minimum atomic E-state index is -1.35. The molecule has 7 N–H and O–H groups in total. The number of aliphatic hydroxyl groups excluding tert-OH is 2. The first-order chi connectivity index (χ1) is 25.6. The molecule has 5 amide bonds. The molecule has 1 aromatic rings. The summed E-state index contributed by atoms with van der Waals surface area (Å²) >= 11 is 0. The molecule has 0 heterocycles. The van der Waals surface area contributed by atoms with Crippen LogP contribution in [0.4, 0.5) is 4.79 Å². The maximum atomic E-state index is 13.8. The van der Waals surface area contributed by atoms with Crippen LogP contribution in [0.2, 0.25) is 0 Å². The van der Waals surface area contributed by atoms with Crippen molar-refractivity contribution in [1.82, 2.24) is 26.6 Å². The number of ether oxygens (including phenoxy) is 2. The zero-order valence-electron chi connectivity index (χ0n) is 34.4. The standard InChI is InChI=1S/C40H67N5O10/c1-11-12-18-28(42-38(52)31(21-27-16-14-13-15-17-27)45-39(53)55-40(7,8)9)37(51)44-29(19-24(2)3)32(46)22-34(48)41-26(6)36(50)43-30(20-25(4)5)33(47)23-35(49)54-10/h13-17,24-26,28-33,46-47H,11-12,18-23H2,1-10H3,(H,41,48)(H,42,52)(H,43,50)(H,44,51)(H,45,53)/t26-,28-,29-,30-,31-,32-,33-/m0/s1. The monoisotopic (exact) mass is 777 g/mol. The summed E-state index contributed by atoms with van der Waals surface area (Å²) in [6, 6.07) is 4.32. The number of unbranched alkanes of at least 4 members (excludes halogenated alkanes) is 1. The van der Waals surface area contributed by atoms with Crippen LogP contribution in [0, 0.1) is 11.8 Å². The minimum absolute atomic E-state index is 0.000940. The number of hydrogen-bond acceptors (Lipinski definition) is 10. The Labute approximate surface area is 326 Å². The lowest BCUT2D eigenvalue weighted by molar-refractivity contribution is -0.144. The van der Waals surface area contributed by atoms with Crippen molar-refractivity contribution in [3.8, 4) is 0 Å². The fourth-order valence-corrected chi connectivity index (χ4v) is 5.78. The van der Waals surface area contributed by atoms with E-state index in [1.807, 2.05) is 65.0 Å². The van der Waals surface area contributed by atoms with Gasteiger partial charge in [-0.05, 0) is 64.4 Å². The summed E-state index contributed by atoms with van der Waals surface area (Å²) in [7, 11) is 1.20. The van der Waals surface area contributed by atoms with Crippen LogP contribution in [-0.2, 0) is 39.9 Å². The Hall–Kier alpha value is -4.24. The van der Waals surface area contributed by atoms with Gasteiger partial charge in [-0.3, -0.25) is 24.0 Å². The summed E-state index contributed by atoms with van der Waals surface area (Å²) < 4.78 is 10.0. The predicted octanol–water partition coefficient (Wildman–Crippen LogP) is 3.04. The Morgan fingerprint density at radius 2 is 1.24 bits per heavy atom. The number of carbonyl (C=O) groups is 6. The topological polar surface area (TPSA) is 221 Å². The molecular formula is C40H67N5O10. The zero-order valence-corrected chi connectivity index (χ0v) is 34.4. The van der Waals surface area contributed by atoms with Gasteiger partial charge in [-0.1, -0.05) is 77.8 Å². The molecular weight excluding hydrogens is 710 g/mol. The third-order valence-corrected chi connectivity index (χ3v) is 8.57. The van der Waals surface area contributed by atoms with E-state index in [2.05, 4.69) is 31.3 Å². The molecule has 0 radical (unpaired) electrons. The third-order valence-electron chi connectivity index (χ3n) is 8.57. The van der Waals surface area contributed by atoms with E-state index in [1.165, 1.54) is 14.0 Å². The van der Waals surface area contributed by atoms with Crippen molar-refractivity contribution in [2.75, 3.05) is 7.11 Å². The first kappa shape index (κ1) is 48.8. The summed E-state index contributed by atoms with van der Waals surface area (Å²) in [5.74, 6) is -2.95. The van der Waals surface area contributed by atoms with Gasteiger partial charge in [-0.25, -0.2) is 4.79 Å². The van der Waals surface area contributed by atoms with Gasteiger partial charge in [-0.15, -0.1) is 0 Å². The SMILES string of the molecule is CCCC[C@H](NC(=O)[C@H](Cc1ccccc1)NC(=O)OC(C)(C)C)C(=O)N[C@@H](CC(C)C)[C@@H](O)CC(=O)N[C@@H](C)C(=O)N[C@@H](CC(C)C)[C@@H](O)CC(=O)OC. The van der Waals surface area contributed by atoms with Gasteiger partial charge < -0.3 is 46.3 Å². The van der Waals surface area contributed by atoms with E-state index in [-0.39, 0.29) is 31.1 Å². The van der Waals surface area contributed by atoms with E-state index in [4.69, 9.17) is 4.74 Å². The Kier molecular flexibility index (Phi) is 21.6. The maximum Gasteiger partial charge on any atom is 0.408 e. The Bertz CT molecular complexity index is 1370. The van der Waals surface area contributed by atoms with Gasteiger partial charge in [0, 0.05) is 6.42 Å². The number of alkyl carbamates (subject to hydrolysis) is 1. The van der Waals surface area contributed by atoms with Gasteiger partial charge in [0.1, 0.15) is 23.7 Å². The second-order valence-electron chi connectivity index (χ2n) is 16.0. The summed E-state index contributed by atoms with van der Waals surface area (Å²) in [6.45, 7) is 16.1. The number of hydrogen-bond donors (Lipinski definition) is 7. The fourth-order valence-electron chi connectivity index (χ4n) is 5.78. The molecule has 55 heavy (non-hydrogen) atoms. The molecule has 0 saturated carbocycles. The number of carbonyl (C=O) groups excluding carboxylic acids is 6. The Morgan fingerprint density at radius 3 is 1.75 bits per heavy atom. The molecule has 7 atom stereocenters. The minimum Gasteiger partial charge on any atom is -0.469 e. The highest BCUT2D eigenvalue weighted by Crippen LogP contribution is 2.15. The summed E-state index contributed by atoms with van der Waals surface area (Å²) in [5.41, 5.74) is -0.0213. The Balaban J connectivity index is 3.09. The van der Waals surface area contributed by atoms with Crippen LogP contribution in [0.3, 0.4) is 0 Å². The second kappa shape index (κ2) is 24.3. The number of aliphatic hydroxyl groups is 2. The van der Waals surface area contributed by atoms with Crippen molar-refractivity contribution in [1.29, 1.82) is 0 Å². The highest BCUT2D eigenvalue weighted by Gasteiger charge is 2.33. The quantitative estimate of drug-likeness (QED) is 0.0805. The van der Waals surface area contributed by atoms with Crippen molar-refractivity contribution in [3.63, 3.8) is 0 Å². The van der Waals surface area contributed by atoms with Crippen molar-refractivity contribution >= 4 is 35.7 Å². The number of methoxy groups -OCH3 is 1. The van der Waals surface area contributed by atoms with Gasteiger partial charge in [-0.2, -0.15) is 0 Å². The summed E-state index contributed by atoms with van der Waals surface area (Å²) in [5, 5.41) is 35.3. The second-order valence-corrected chi connectivity index (χ2v) is 16.0. The molecule has 0 aliphatic rings. The molecule has 312 valence electrons. The molecule has 1 rings (SSSR count). The van der Waals surface area contributed by atoms with Crippen molar-refractivity contribution in [2.45, 2.75) is 162 Å². The van der Waals surface area contributed by atoms with Gasteiger partial charge >= 0.3 is 12.1 Å². The summed E-state index contributed by atoms with van der Waals surface area (Å²) in [4.78, 5) is 78.1. The normalized spacial score (nSPS) is 15.4. The average Bonchev–Trinajstić information content (AvgIpc) is 3.07. The maximum absolute atomic E-state index is 13.8. The van der Waals surface area contributed by atoms with Crippen molar-refractivity contribution in [3.05, 3.63) is 35.9 Å². The largest absolute Gasteiger partial charge is 0.469 e. The molecule has 0 saturated heterocycles. The molecule has 1 aromatic carbocycles. The molecule has 15 nitrogen and oxygen atoms in total. The zero-order chi connectivity index (χ0) is 41.9. The van der Waals surface area contributed by atoms with Crippen LogP contribution in [0.1, 0.15) is 113 Å². The van der Waals surface area contributed by atoms with Crippen LogP contribution < -0.4 is 26.6 Å². The first-order valence-corrected chi connectivity index (χ1v) is 19.3. The number of amides is 5. The lowest BCUT2D eigenvalue weighted by Gasteiger charge is -2.29. The predicted molar refractivity (Wildman–Crippen MR) is 208 cm³/mol. The van der Waals surface area contributed by atoms with E-state index in [0.29, 0.717) is 19.3 Å². The third kappa shape index (κ3) is 20.3. The smallest absolute Gasteiger partial charge is 0.408 e. The number of benzene rings is 1. The number of esters is 1. The highest BCUT2D eigenvalue weighted by atomic mass is 16.6. The molecule has 0 aromatic heterocycles. The fraction of sp³-hybridized carbons (Fsp3) is 0.700. The van der Waals surface area contributed by atoms with Crippen LogP contribution in [0.5, 0.6) is 0 Å². The molecule has 0 spiro atoms. The van der Waals surface area contributed by atoms with E-state index in [0.717, 1.165) is 12.0 Å². The average molecular weight is 778 g/mol. The number of rotatable bonds is 23. The van der Waals surface area contributed by atoms with Crippen LogP contribution in [0.25, 0.3) is 0 Å². The van der Waals surface area contributed by atoms with Gasteiger partial charge in [0.2, 0.25) is 23.6 Å². The molecule has 0 bridgehead atoms. The van der Waals surface area contributed by atoms with Crippen LogP contribution >= 0.6 is 0 Å². The lowest BCUT2D eigenvalue weighted by Crippen LogP contribution is -2.57. The molecule has 0 aliphatic heterocycles.